The Bertz CT molecular complexity index is 499. The number of hydrogen-bond donors (Lipinski definition) is 2. The lowest BCUT2D eigenvalue weighted by Gasteiger charge is -2.24. The molecule has 0 aliphatic carbocycles. The van der Waals surface area contributed by atoms with Gasteiger partial charge < -0.3 is 24.8 Å². The maximum Gasteiger partial charge on any atom is 0.255 e. The molecule has 2 rings (SSSR count). The van der Waals surface area contributed by atoms with E-state index >= 15 is 0 Å². The van der Waals surface area contributed by atoms with E-state index in [0.717, 1.165) is 25.9 Å². The molecular weight excluding hydrogens is 272 g/mol. The number of rotatable bonds is 5. The van der Waals surface area contributed by atoms with Gasteiger partial charge in [-0.15, -0.1) is 0 Å². The lowest BCUT2D eigenvalue weighted by molar-refractivity contribution is 0.0927. The lowest BCUT2D eigenvalue weighted by atomic mass is 10.1. The van der Waals surface area contributed by atoms with E-state index < -0.39 is 0 Å². The number of ether oxygens (including phenoxy) is 3. The first-order chi connectivity index (χ1) is 10.2. The summed E-state index contributed by atoms with van der Waals surface area (Å²) in [7, 11) is 4.61. The van der Waals surface area contributed by atoms with Crippen LogP contribution in [0.1, 0.15) is 23.2 Å². The second-order valence-corrected chi connectivity index (χ2v) is 4.92. The third-order valence-corrected chi connectivity index (χ3v) is 3.58. The van der Waals surface area contributed by atoms with Crippen LogP contribution in [0.4, 0.5) is 0 Å². The summed E-state index contributed by atoms with van der Waals surface area (Å²) in [5.74, 6) is 1.34. The zero-order valence-electron chi connectivity index (χ0n) is 12.7. The minimum atomic E-state index is -0.165. The molecule has 116 valence electrons. The Kier molecular flexibility index (Phi) is 5.27. The van der Waals surface area contributed by atoms with Crippen LogP contribution in [0.2, 0.25) is 0 Å². The van der Waals surface area contributed by atoms with Gasteiger partial charge in [-0.3, -0.25) is 4.79 Å². The fourth-order valence-electron chi connectivity index (χ4n) is 2.44. The van der Waals surface area contributed by atoms with Gasteiger partial charge in [0.25, 0.3) is 5.91 Å². The van der Waals surface area contributed by atoms with Crippen LogP contribution < -0.4 is 24.8 Å². The second-order valence-electron chi connectivity index (χ2n) is 4.92. The Morgan fingerprint density at radius 1 is 1.14 bits per heavy atom. The number of hydrogen-bond acceptors (Lipinski definition) is 5. The highest BCUT2D eigenvalue weighted by Gasteiger charge is 2.21. The molecule has 0 unspecified atom stereocenters. The number of amides is 1. The van der Waals surface area contributed by atoms with E-state index in [1.165, 1.54) is 14.2 Å². The Labute approximate surface area is 124 Å². The van der Waals surface area contributed by atoms with Crippen molar-refractivity contribution in [1.82, 2.24) is 10.6 Å². The summed E-state index contributed by atoms with van der Waals surface area (Å²) < 4.78 is 15.7. The van der Waals surface area contributed by atoms with Crippen molar-refractivity contribution in [2.45, 2.75) is 18.9 Å². The summed E-state index contributed by atoms with van der Waals surface area (Å²) in [4.78, 5) is 12.4. The van der Waals surface area contributed by atoms with E-state index in [4.69, 9.17) is 14.2 Å². The predicted molar refractivity (Wildman–Crippen MR) is 79.5 cm³/mol. The fourth-order valence-corrected chi connectivity index (χ4v) is 2.44. The standard InChI is InChI=1S/C15H22N2O4/c1-19-12-8-14(21-3)13(20-2)7-11(12)15(18)17-10-5-4-6-16-9-10/h7-8,10,16H,4-6,9H2,1-3H3,(H,17,18)/t10-/m0/s1. The normalized spacial score (nSPS) is 18.0. The number of methoxy groups -OCH3 is 3. The van der Waals surface area contributed by atoms with Crippen molar-refractivity contribution in [2.75, 3.05) is 34.4 Å². The maximum atomic E-state index is 12.4. The molecule has 0 spiro atoms. The molecule has 6 nitrogen and oxygen atoms in total. The molecule has 1 aromatic carbocycles. The van der Waals surface area contributed by atoms with Crippen LogP contribution in [0, 0.1) is 0 Å². The molecule has 1 amide bonds. The Balaban J connectivity index is 2.21. The fraction of sp³-hybridized carbons (Fsp3) is 0.533. The zero-order valence-corrected chi connectivity index (χ0v) is 12.7. The van der Waals surface area contributed by atoms with Gasteiger partial charge in [-0.2, -0.15) is 0 Å². The molecule has 1 aliphatic rings. The quantitative estimate of drug-likeness (QED) is 0.854. The average molecular weight is 294 g/mol. The smallest absolute Gasteiger partial charge is 0.255 e. The molecule has 6 heteroatoms. The molecule has 1 saturated heterocycles. The van der Waals surface area contributed by atoms with Crippen LogP contribution >= 0.6 is 0 Å². The van der Waals surface area contributed by atoms with Crippen molar-refractivity contribution in [3.05, 3.63) is 17.7 Å². The topological polar surface area (TPSA) is 68.8 Å². The molecule has 21 heavy (non-hydrogen) atoms. The van der Waals surface area contributed by atoms with Gasteiger partial charge in [0.2, 0.25) is 0 Å². The van der Waals surface area contributed by atoms with Gasteiger partial charge in [0.1, 0.15) is 5.75 Å². The predicted octanol–water partition coefficient (Wildman–Crippen LogP) is 1.19. The van der Waals surface area contributed by atoms with Crippen LogP contribution in [-0.2, 0) is 0 Å². The van der Waals surface area contributed by atoms with E-state index in [9.17, 15) is 4.79 Å². The van der Waals surface area contributed by atoms with Crippen LogP contribution in [0.25, 0.3) is 0 Å². The number of carbonyl (C=O) groups is 1. The molecular formula is C15H22N2O4. The largest absolute Gasteiger partial charge is 0.496 e. The number of piperidine rings is 1. The summed E-state index contributed by atoms with van der Waals surface area (Å²) in [6.07, 6.45) is 2.04. The highest BCUT2D eigenvalue weighted by Crippen LogP contribution is 2.34. The van der Waals surface area contributed by atoms with Crippen molar-refractivity contribution in [1.29, 1.82) is 0 Å². The summed E-state index contributed by atoms with van der Waals surface area (Å²) in [6.45, 7) is 1.80. The molecule has 2 N–H and O–H groups in total. The Hall–Kier alpha value is -1.95. The Morgan fingerprint density at radius 2 is 1.81 bits per heavy atom. The first-order valence-electron chi connectivity index (χ1n) is 7.01. The van der Waals surface area contributed by atoms with E-state index in [1.807, 2.05) is 0 Å². The molecule has 1 atom stereocenters. The first-order valence-corrected chi connectivity index (χ1v) is 7.01. The van der Waals surface area contributed by atoms with Gasteiger partial charge in [-0.1, -0.05) is 0 Å². The van der Waals surface area contributed by atoms with Crippen molar-refractivity contribution in [3.63, 3.8) is 0 Å². The van der Waals surface area contributed by atoms with Gasteiger partial charge in [-0.05, 0) is 19.4 Å². The van der Waals surface area contributed by atoms with Crippen molar-refractivity contribution in [2.24, 2.45) is 0 Å². The second kappa shape index (κ2) is 7.17. The minimum absolute atomic E-state index is 0.143. The average Bonchev–Trinajstić information content (AvgIpc) is 2.54. The molecule has 0 aromatic heterocycles. The third kappa shape index (κ3) is 3.58. The van der Waals surface area contributed by atoms with Gasteiger partial charge in [0.15, 0.2) is 11.5 Å². The van der Waals surface area contributed by atoms with Gasteiger partial charge in [0, 0.05) is 24.7 Å². The van der Waals surface area contributed by atoms with Crippen LogP contribution in [-0.4, -0.2) is 46.4 Å². The summed E-state index contributed by atoms with van der Waals surface area (Å²) in [6, 6.07) is 3.44. The van der Waals surface area contributed by atoms with Crippen molar-refractivity contribution in [3.8, 4) is 17.2 Å². The van der Waals surface area contributed by atoms with Gasteiger partial charge in [0.05, 0.1) is 26.9 Å². The van der Waals surface area contributed by atoms with Gasteiger partial charge in [-0.25, -0.2) is 0 Å². The molecule has 1 fully saturated rings. The summed E-state index contributed by atoms with van der Waals surface area (Å²) >= 11 is 0. The van der Waals surface area contributed by atoms with Crippen LogP contribution in [0.3, 0.4) is 0 Å². The van der Waals surface area contributed by atoms with Crippen molar-refractivity contribution < 1.29 is 19.0 Å². The SMILES string of the molecule is COc1cc(OC)c(C(=O)N[C@H]2CCCNC2)cc1OC. The summed E-state index contributed by atoms with van der Waals surface area (Å²) in [5, 5.41) is 6.29. The summed E-state index contributed by atoms with van der Waals surface area (Å²) in [5.41, 5.74) is 0.445. The van der Waals surface area contributed by atoms with E-state index in [1.54, 1.807) is 19.2 Å². The molecule has 1 aliphatic heterocycles. The molecule has 1 heterocycles. The first kappa shape index (κ1) is 15.4. The number of benzene rings is 1. The highest BCUT2D eigenvalue weighted by atomic mass is 16.5. The monoisotopic (exact) mass is 294 g/mol. The van der Waals surface area contributed by atoms with Gasteiger partial charge >= 0.3 is 0 Å². The van der Waals surface area contributed by atoms with E-state index in [-0.39, 0.29) is 11.9 Å². The zero-order chi connectivity index (χ0) is 15.2. The minimum Gasteiger partial charge on any atom is -0.496 e. The molecule has 0 saturated carbocycles. The van der Waals surface area contributed by atoms with Crippen molar-refractivity contribution >= 4 is 5.91 Å². The highest BCUT2D eigenvalue weighted by molar-refractivity contribution is 5.98. The number of nitrogens with one attached hydrogen (secondary N) is 2. The molecule has 0 radical (unpaired) electrons. The number of carbonyl (C=O) groups excluding carboxylic acids is 1. The molecule has 1 aromatic rings. The molecule has 0 bridgehead atoms. The van der Waals surface area contributed by atoms with Crippen LogP contribution in [0.5, 0.6) is 17.2 Å². The van der Waals surface area contributed by atoms with Crippen LogP contribution in [0.15, 0.2) is 12.1 Å². The Morgan fingerprint density at radius 3 is 2.38 bits per heavy atom. The third-order valence-electron chi connectivity index (χ3n) is 3.58. The lowest BCUT2D eigenvalue weighted by Crippen LogP contribution is -2.45. The maximum absolute atomic E-state index is 12.4. The van der Waals surface area contributed by atoms with E-state index in [2.05, 4.69) is 10.6 Å². The van der Waals surface area contributed by atoms with E-state index in [0.29, 0.717) is 22.8 Å².